The van der Waals surface area contributed by atoms with Gasteiger partial charge in [-0.25, -0.2) is 0 Å². The first-order valence-corrected chi connectivity index (χ1v) is 9.15. The minimum Gasteiger partial charge on any atom is -0.379 e. The highest BCUT2D eigenvalue weighted by molar-refractivity contribution is 7.66. The molecule has 1 aliphatic heterocycles. The highest BCUT2D eigenvalue weighted by Crippen LogP contribution is 2.45. The van der Waals surface area contributed by atoms with E-state index in [0.29, 0.717) is 12.8 Å². The van der Waals surface area contributed by atoms with E-state index in [1.165, 1.54) is 0 Å². The molecule has 112 valence electrons. The van der Waals surface area contributed by atoms with Gasteiger partial charge in [-0.2, -0.15) is 0 Å². The summed E-state index contributed by atoms with van der Waals surface area (Å²) in [4.78, 5) is 2.37. The fourth-order valence-corrected chi connectivity index (χ4v) is 4.08. The van der Waals surface area contributed by atoms with Crippen LogP contribution in [0, 0.1) is 0 Å². The summed E-state index contributed by atoms with van der Waals surface area (Å²) in [6, 6.07) is 9.55. The molecule has 1 atom stereocenters. The number of morpholine rings is 1. The zero-order valence-corrected chi connectivity index (χ0v) is 13.1. The molecule has 1 unspecified atom stereocenters. The van der Waals surface area contributed by atoms with Crippen LogP contribution in [0.5, 0.6) is 0 Å². The van der Waals surface area contributed by atoms with E-state index >= 15 is 0 Å². The summed E-state index contributed by atoms with van der Waals surface area (Å²) in [5.74, 6) is 0. The molecule has 2 rings (SSSR count). The zero-order valence-electron chi connectivity index (χ0n) is 12.2. The molecule has 1 aromatic carbocycles. The molecule has 0 radical (unpaired) electrons. The number of nitrogens with zero attached hydrogens (tertiary/aromatic N) is 1. The van der Waals surface area contributed by atoms with E-state index in [9.17, 15) is 4.57 Å². The largest absolute Gasteiger partial charge is 0.379 e. The highest BCUT2D eigenvalue weighted by atomic mass is 31.2. The van der Waals surface area contributed by atoms with Crippen molar-refractivity contribution in [3.05, 3.63) is 30.3 Å². The van der Waals surface area contributed by atoms with E-state index in [2.05, 4.69) is 4.90 Å². The van der Waals surface area contributed by atoms with Gasteiger partial charge < -0.3 is 9.26 Å². The molecule has 1 aromatic rings. The molecule has 0 aliphatic carbocycles. The maximum absolute atomic E-state index is 12.8. The van der Waals surface area contributed by atoms with Crippen LogP contribution in [0.15, 0.2) is 30.3 Å². The minimum atomic E-state index is -2.67. The molecule has 0 spiro atoms. The number of hydrogen-bond donors (Lipinski definition) is 0. The van der Waals surface area contributed by atoms with Gasteiger partial charge in [0.2, 0.25) is 7.37 Å². The van der Waals surface area contributed by atoms with Gasteiger partial charge in [-0.05, 0) is 18.6 Å². The lowest BCUT2D eigenvalue weighted by molar-refractivity contribution is 0.0358. The molecule has 1 aliphatic rings. The average molecular weight is 297 g/mol. The number of rotatable bonds is 7. The molecule has 1 heterocycles. The first kappa shape index (κ1) is 15.7. The number of hydrogen-bond acceptors (Lipinski definition) is 4. The number of benzene rings is 1. The van der Waals surface area contributed by atoms with Crippen LogP contribution in [-0.4, -0.2) is 50.5 Å². The lowest BCUT2D eigenvalue weighted by Gasteiger charge is -2.26. The van der Waals surface area contributed by atoms with Gasteiger partial charge in [-0.15, -0.1) is 0 Å². The maximum Gasteiger partial charge on any atom is 0.231 e. The third-order valence-corrected chi connectivity index (χ3v) is 6.11. The second kappa shape index (κ2) is 7.94. The predicted molar refractivity (Wildman–Crippen MR) is 82.1 cm³/mol. The van der Waals surface area contributed by atoms with E-state index in [0.717, 1.165) is 44.6 Å². The van der Waals surface area contributed by atoms with E-state index in [1.807, 2.05) is 37.3 Å². The van der Waals surface area contributed by atoms with E-state index in [-0.39, 0.29) is 0 Å². The molecule has 5 heteroatoms. The summed E-state index contributed by atoms with van der Waals surface area (Å²) in [5.41, 5.74) is 0. The van der Waals surface area contributed by atoms with Crippen molar-refractivity contribution in [1.29, 1.82) is 0 Å². The fraction of sp³-hybridized carbons (Fsp3) is 0.600. The van der Waals surface area contributed by atoms with Crippen molar-refractivity contribution in [2.45, 2.75) is 13.3 Å². The molecular formula is C15H24NO3P. The van der Waals surface area contributed by atoms with Crippen molar-refractivity contribution >= 4 is 12.7 Å². The van der Waals surface area contributed by atoms with Gasteiger partial charge >= 0.3 is 0 Å². The van der Waals surface area contributed by atoms with Crippen molar-refractivity contribution < 1.29 is 13.8 Å². The lowest BCUT2D eigenvalue weighted by Crippen LogP contribution is -2.37. The first-order chi connectivity index (χ1) is 9.74. The van der Waals surface area contributed by atoms with Crippen LogP contribution in [0.4, 0.5) is 0 Å². The van der Waals surface area contributed by atoms with Gasteiger partial charge in [0.25, 0.3) is 0 Å². The van der Waals surface area contributed by atoms with Gasteiger partial charge in [-0.1, -0.05) is 25.1 Å². The first-order valence-electron chi connectivity index (χ1n) is 7.34. The SMILES string of the molecule is CCP(=O)(OCCCN1CCOCC1)c1ccccc1. The Kier molecular flexibility index (Phi) is 6.24. The Labute approximate surface area is 121 Å². The standard InChI is InChI=1S/C15H24NO3P/c1-2-20(17,15-7-4-3-5-8-15)19-12-6-9-16-10-13-18-14-11-16/h3-5,7-8H,2,6,9-14H2,1H3. The Hall–Kier alpha value is -0.670. The molecule has 4 nitrogen and oxygen atoms in total. The minimum absolute atomic E-state index is 0.550. The summed E-state index contributed by atoms with van der Waals surface area (Å²) in [7, 11) is -2.67. The molecule has 0 amide bonds. The topological polar surface area (TPSA) is 38.8 Å². The average Bonchev–Trinajstić information content (AvgIpc) is 2.53. The second-order valence-electron chi connectivity index (χ2n) is 4.97. The van der Waals surface area contributed by atoms with Crippen LogP contribution in [0.1, 0.15) is 13.3 Å². The van der Waals surface area contributed by atoms with Gasteiger partial charge in [0.15, 0.2) is 0 Å². The Bertz CT molecular complexity index is 432. The lowest BCUT2D eigenvalue weighted by atomic mass is 10.3. The molecule has 1 saturated heterocycles. The quantitative estimate of drug-likeness (QED) is 0.572. The second-order valence-corrected chi connectivity index (χ2v) is 7.72. The normalized spacial score (nSPS) is 19.6. The molecule has 20 heavy (non-hydrogen) atoms. The fourth-order valence-electron chi connectivity index (χ4n) is 2.33. The Morgan fingerprint density at radius 1 is 1.25 bits per heavy atom. The third kappa shape index (κ3) is 4.42. The number of ether oxygens (including phenoxy) is 1. The molecule has 0 aromatic heterocycles. The van der Waals surface area contributed by atoms with Crippen molar-refractivity contribution in [3.8, 4) is 0 Å². The van der Waals surface area contributed by atoms with E-state index in [1.54, 1.807) is 0 Å². The van der Waals surface area contributed by atoms with Crippen LogP contribution in [0.3, 0.4) is 0 Å². The van der Waals surface area contributed by atoms with Crippen LogP contribution >= 0.6 is 7.37 Å². The van der Waals surface area contributed by atoms with Gasteiger partial charge in [0.1, 0.15) is 0 Å². The molecule has 1 fully saturated rings. The van der Waals surface area contributed by atoms with Gasteiger partial charge in [0, 0.05) is 31.1 Å². The molecule has 0 N–H and O–H groups in total. The van der Waals surface area contributed by atoms with Crippen molar-refractivity contribution in [2.75, 3.05) is 45.6 Å². The summed E-state index contributed by atoms with van der Waals surface area (Å²) < 4.78 is 23.9. The zero-order chi connectivity index (χ0) is 14.3. The summed E-state index contributed by atoms with van der Waals surface area (Å²) in [6.07, 6.45) is 1.46. The van der Waals surface area contributed by atoms with Crippen molar-refractivity contribution in [1.82, 2.24) is 4.90 Å². The Balaban J connectivity index is 1.77. The van der Waals surface area contributed by atoms with Gasteiger partial charge in [-0.3, -0.25) is 9.46 Å². The van der Waals surface area contributed by atoms with E-state index in [4.69, 9.17) is 9.26 Å². The summed E-state index contributed by atoms with van der Waals surface area (Å²) in [5, 5.41) is 0.828. The highest BCUT2D eigenvalue weighted by Gasteiger charge is 2.23. The monoisotopic (exact) mass is 297 g/mol. The smallest absolute Gasteiger partial charge is 0.231 e. The summed E-state index contributed by atoms with van der Waals surface area (Å²) >= 11 is 0. The van der Waals surface area contributed by atoms with Crippen LogP contribution < -0.4 is 5.30 Å². The Morgan fingerprint density at radius 3 is 2.60 bits per heavy atom. The van der Waals surface area contributed by atoms with E-state index < -0.39 is 7.37 Å². The van der Waals surface area contributed by atoms with Crippen LogP contribution in [0.2, 0.25) is 0 Å². The summed E-state index contributed by atoms with van der Waals surface area (Å²) in [6.45, 7) is 7.08. The van der Waals surface area contributed by atoms with Crippen LogP contribution in [-0.2, 0) is 13.8 Å². The van der Waals surface area contributed by atoms with Crippen molar-refractivity contribution in [2.24, 2.45) is 0 Å². The Morgan fingerprint density at radius 2 is 1.95 bits per heavy atom. The molecular weight excluding hydrogens is 273 g/mol. The van der Waals surface area contributed by atoms with Gasteiger partial charge in [0.05, 0.1) is 19.8 Å². The van der Waals surface area contributed by atoms with Crippen LogP contribution in [0.25, 0.3) is 0 Å². The molecule has 0 bridgehead atoms. The molecule has 0 saturated carbocycles. The third-order valence-electron chi connectivity index (χ3n) is 3.59. The van der Waals surface area contributed by atoms with Crippen molar-refractivity contribution in [3.63, 3.8) is 0 Å². The maximum atomic E-state index is 12.8. The predicted octanol–water partition coefficient (Wildman–Crippen LogP) is 2.35.